The van der Waals surface area contributed by atoms with Crippen LogP contribution in [-0.4, -0.2) is 65.8 Å². The summed E-state index contributed by atoms with van der Waals surface area (Å²) in [5.41, 5.74) is 0. The smallest absolute Gasteiger partial charge is 0.328 e. The van der Waals surface area contributed by atoms with Crippen LogP contribution in [-0.2, 0) is 14.3 Å². The van der Waals surface area contributed by atoms with Gasteiger partial charge in [-0.2, -0.15) is 0 Å². The van der Waals surface area contributed by atoms with Crippen molar-refractivity contribution < 1.29 is 24.2 Å². The summed E-state index contributed by atoms with van der Waals surface area (Å²) in [6, 6.07) is -1.58. The average molecular weight is 341 g/mol. The lowest BCUT2D eigenvalue weighted by molar-refractivity contribution is -0.145. The molecule has 3 atom stereocenters. The minimum Gasteiger partial charge on any atom is -0.467 e. The Morgan fingerprint density at radius 1 is 1.29 bits per heavy atom. The van der Waals surface area contributed by atoms with Crippen LogP contribution in [0.3, 0.4) is 0 Å². The third-order valence-corrected chi connectivity index (χ3v) is 4.47. The van der Waals surface area contributed by atoms with E-state index in [1.54, 1.807) is 0 Å². The van der Waals surface area contributed by atoms with Crippen molar-refractivity contribution in [2.75, 3.05) is 13.7 Å². The molecule has 2 rings (SSSR count). The Kier molecular flexibility index (Phi) is 6.42. The molecule has 24 heavy (non-hydrogen) atoms. The highest BCUT2D eigenvalue weighted by atomic mass is 16.5. The minimum absolute atomic E-state index is 0.146. The summed E-state index contributed by atoms with van der Waals surface area (Å²) in [5.74, 6) is -0.899. The molecule has 1 aliphatic carbocycles. The summed E-state index contributed by atoms with van der Waals surface area (Å²) >= 11 is 0. The molecule has 2 aliphatic rings. The average Bonchev–Trinajstić information content (AvgIpc) is 3.24. The number of esters is 1. The predicted molar refractivity (Wildman–Crippen MR) is 86.1 cm³/mol. The molecule has 2 fully saturated rings. The van der Waals surface area contributed by atoms with Crippen molar-refractivity contribution >= 4 is 17.9 Å². The highest BCUT2D eigenvalue weighted by Crippen LogP contribution is 2.20. The molecule has 0 aromatic heterocycles. The molecule has 1 saturated heterocycles. The van der Waals surface area contributed by atoms with E-state index in [1.807, 2.05) is 6.92 Å². The molecule has 136 valence electrons. The van der Waals surface area contributed by atoms with E-state index in [1.165, 1.54) is 12.0 Å². The number of hydrogen-bond acceptors (Lipinski definition) is 5. The van der Waals surface area contributed by atoms with Crippen LogP contribution in [0, 0.1) is 0 Å². The number of aliphatic hydroxyl groups excluding tert-OH is 1. The maximum atomic E-state index is 12.5. The fourth-order valence-corrected chi connectivity index (χ4v) is 2.95. The van der Waals surface area contributed by atoms with E-state index in [0.717, 1.165) is 19.3 Å². The van der Waals surface area contributed by atoms with Crippen molar-refractivity contribution in [3.05, 3.63) is 0 Å². The predicted octanol–water partition coefficient (Wildman–Crippen LogP) is 0.142. The number of nitrogens with one attached hydrogen (secondary N) is 2. The number of nitrogens with zero attached hydrogens (tertiary/aromatic N) is 1. The molecule has 3 amide bonds. The van der Waals surface area contributed by atoms with Gasteiger partial charge in [0.25, 0.3) is 5.91 Å². The van der Waals surface area contributed by atoms with E-state index in [4.69, 9.17) is 4.74 Å². The lowest BCUT2D eigenvalue weighted by atomic mass is 10.1. The van der Waals surface area contributed by atoms with E-state index in [2.05, 4.69) is 10.6 Å². The van der Waals surface area contributed by atoms with Crippen molar-refractivity contribution in [2.45, 2.75) is 69.7 Å². The number of aliphatic hydroxyl groups is 1. The molecule has 3 N–H and O–H groups in total. The third-order valence-electron chi connectivity index (χ3n) is 4.47. The van der Waals surface area contributed by atoms with Gasteiger partial charge in [-0.1, -0.05) is 13.3 Å². The van der Waals surface area contributed by atoms with Crippen LogP contribution in [0.1, 0.15) is 45.4 Å². The van der Waals surface area contributed by atoms with Crippen LogP contribution in [0.4, 0.5) is 4.79 Å². The van der Waals surface area contributed by atoms with E-state index < -0.39 is 36.1 Å². The second kappa shape index (κ2) is 8.32. The van der Waals surface area contributed by atoms with Crippen molar-refractivity contribution in [3.63, 3.8) is 0 Å². The molecule has 1 unspecified atom stereocenters. The lowest BCUT2D eigenvalue weighted by Crippen LogP contribution is -2.55. The van der Waals surface area contributed by atoms with Gasteiger partial charge in [0.15, 0.2) is 6.10 Å². The monoisotopic (exact) mass is 341 g/mol. The first-order valence-corrected chi connectivity index (χ1v) is 8.61. The molecular weight excluding hydrogens is 314 g/mol. The first kappa shape index (κ1) is 18.5. The number of urea groups is 1. The summed E-state index contributed by atoms with van der Waals surface area (Å²) in [6.07, 6.45) is 3.02. The zero-order valence-electron chi connectivity index (χ0n) is 14.3. The Morgan fingerprint density at radius 2 is 2.00 bits per heavy atom. The molecule has 0 aromatic carbocycles. The zero-order valence-corrected chi connectivity index (χ0v) is 14.3. The maximum Gasteiger partial charge on any atom is 0.328 e. The molecule has 8 nitrogen and oxygen atoms in total. The molecule has 1 aliphatic heterocycles. The molecule has 1 saturated carbocycles. The van der Waals surface area contributed by atoms with Crippen LogP contribution < -0.4 is 10.6 Å². The fraction of sp³-hybridized carbons (Fsp3) is 0.812. The van der Waals surface area contributed by atoms with Crippen LogP contribution in [0.15, 0.2) is 0 Å². The van der Waals surface area contributed by atoms with Crippen LogP contribution in [0.2, 0.25) is 0 Å². The standard InChI is InChI=1S/C16H27N3O5/c1-3-5-11(13(20)14(21)17-10-7-8-10)18-16(23)19-9-4-6-12(19)15(22)24-2/h10-13,20H,3-9H2,1-2H3,(H,17,21)(H,18,23)/t11-,12-,13?/m0/s1. The van der Waals surface area contributed by atoms with Crippen LogP contribution in [0.5, 0.6) is 0 Å². The fourth-order valence-electron chi connectivity index (χ4n) is 2.95. The minimum atomic E-state index is -1.30. The highest BCUT2D eigenvalue weighted by molar-refractivity contribution is 5.86. The largest absolute Gasteiger partial charge is 0.467 e. The molecule has 0 radical (unpaired) electrons. The summed E-state index contributed by atoms with van der Waals surface area (Å²) in [6.45, 7) is 2.37. The van der Waals surface area contributed by atoms with Crippen molar-refractivity contribution in [2.24, 2.45) is 0 Å². The number of likely N-dealkylation sites (tertiary alicyclic amines) is 1. The number of ether oxygens (including phenoxy) is 1. The Labute approximate surface area is 141 Å². The normalized spacial score (nSPS) is 22.6. The Hall–Kier alpha value is -1.83. The van der Waals surface area contributed by atoms with E-state index in [9.17, 15) is 19.5 Å². The Morgan fingerprint density at radius 3 is 2.58 bits per heavy atom. The van der Waals surface area contributed by atoms with Gasteiger partial charge in [0, 0.05) is 12.6 Å². The van der Waals surface area contributed by atoms with Gasteiger partial charge in [-0.3, -0.25) is 4.79 Å². The van der Waals surface area contributed by atoms with Gasteiger partial charge in [0.2, 0.25) is 0 Å². The maximum absolute atomic E-state index is 12.5. The lowest BCUT2D eigenvalue weighted by Gasteiger charge is -2.28. The Bertz CT molecular complexity index is 480. The topological polar surface area (TPSA) is 108 Å². The van der Waals surface area contributed by atoms with Gasteiger partial charge >= 0.3 is 12.0 Å². The summed E-state index contributed by atoms with van der Waals surface area (Å²) in [7, 11) is 1.29. The number of carbonyl (C=O) groups is 3. The molecule has 0 spiro atoms. The van der Waals surface area contributed by atoms with Gasteiger partial charge in [0.05, 0.1) is 13.2 Å². The summed E-state index contributed by atoms with van der Waals surface area (Å²) in [4.78, 5) is 37.7. The highest BCUT2D eigenvalue weighted by Gasteiger charge is 2.37. The van der Waals surface area contributed by atoms with Crippen molar-refractivity contribution in [1.82, 2.24) is 15.5 Å². The number of carbonyl (C=O) groups excluding carboxylic acids is 3. The summed E-state index contributed by atoms with van der Waals surface area (Å²) in [5, 5.41) is 15.7. The number of rotatable bonds is 7. The number of hydrogen-bond donors (Lipinski definition) is 3. The van der Waals surface area contributed by atoms with E-state index in [-0.39, 0.29) is 6.04 Å². The summed E-state index contributed by atoms with van der Waals surface area (Å²) < 4.78 is 4.73. The molecule has 1 heterocycles. The zero-order chi connectivity index (χ0) is 17.7. The van der Waals surface area contributed by atoms with Crippen LogP contribution in [0.25, 0.3) is 0 Å². The van der Waals surface area contributed by atoms with E-state index >= 15 is 0 Å². The number of methoxy groups -OCH3 is 1. The Balaban J connectivity index is 1.96. The van der Waals surface area contributed by atoms with Crippen molar-refractivity contribution in [3.8, 4) is 0 Å². The molecular formula is C16H27N3O5. The third kappa shape index (κ3) is 4.59. The van der Waals surface area contributed by atoms with E-state index in [0.29, 0.717) is 25.8 Å². The SMILES string of the molecule is CCC[C@H](NC(=O)N1CCC[C@H]1C(=O)OC)C(O)C(=O)NC1CC1. The van der Waals surface area contributed by atoms with Crippen LogP contribution >= 0.6 is 0 Å². The second-order valence-electron chi connectivity index (χ2n) is 6.45. The van der Waals surface area contributed by atoms with Gasteiger partial charge in [-0.05, 0) is 32.1 Å². The van der Waals surface area contributed by atoms with Gasteiger partial charge in [-0.15, -0.1) is 0 Å². The number of amides is 3. The molecule has 8 heteroatoms. The molecule has 0 aromatic rings. The van der Waals surface area contributed by atoms with Crippen molar-refractivity contribution in [1.29, 1.82) is 0 Å². The first-order chi connectivity index (χ1) is 11.5. The molecule has 0 bridgehead atoms. The quantitative estimate of drug-likeness (QED) is 0.571. The van der Waals surface area contributed by atoms with Gasteiger partial charge < -0.3 is 25.4 Å². The van der Waals surface area contributed by atoms with Gasteiger partial charge in [-0.25, -0.2) is 9.59 Å². The van der Waals surface area contributed by atoms with Gasteiger partial charge in [0.1, 0.15) is 6.04 Å². The first-order valence-electron chi connectivity index (χ1n) is 8.61. The second-order valence-corrected chi connectivity index (χ2v) is 6.45.